The quantitative estimate of drug-likeness (QED) is 0.761. The fourth-order valence-corrected chi connectivity index (χ4v) is 2.15. The average Bonchev–Trinajstić information content (AvgIpc) is 2.86. The second-order valence-electron chi connectivity index (χ2n) is 5.04. The molecule has 2 rings (SSSR count). The minimum absolute atomic E-state index is 0.0659. The van der Waals surface area contributed by atoms with Gasteiger partial charge in [-0.25, -0.2) is 0 Å². The maximum atomic E-state index is 12.1. The monoisotopic (exact) mass is 286 g/mol. The van der Waals surface area contributed by atoms with Crippen LogP contribution in [0.3, 0.4) is 0 Å². The van der Waals surface area contributed by atoms with Gasteiger partial charge in [-0.2, -0.15) is 5.10 Å². The second kappa shape index (κ2) is 7.59. The van der Waals surface area contributed by atoms with Crippen LogP contribution in [0.15, 0.2) is 36.5 Å². The summed E-state index contributed by atoms with van der Waals surface area (Å²) in [4.78, 5) is 12.1. The van der Waals surface area contributed by atoms with Gasteiger partial charge in [-0.3, -0.25) is 9.48 Å². The Balaban J connectivity index is 1.98. The number of rotatable bonds is 7. The van der Waals surface area contributed by atoms with Crippen LogP contribution >= 0.6 is 0 Å². The molecule has 2 aromatic rings. The Kier molecular flexibility index (Phi) is 5.51. The summed E-state index contributed by atoms with van der Waals surface area (Å²) in [5, 5.41) is 7.22. The normalized spacial score (nSPS) is 10.6. The average molecular weight is 286 g/mol. The smallest absolute Gasteiger partial charge is 0.254 e. The van der Waals surface area contributed by atoms with E-state index in [9.17, 15) is 4.79 Å². The van der Waals surface area contributed by atoms with Gasteiger partial charge < -0.3 is 11.1 Å². The summed E-state index contributed by atoms with van der Waals surface area (Å²) in [5.74, 6) is -0.0659. The number of carbonyl (C=O) groups excluding carboxylic acids is 1. The summed E-state index contributed by atoms with van der Waals surface area (Å²) in [6.07, 6.45) is 3.46. The molecule has 0 aliphatic carbocycles. The van der Waals surface area contributed by atoms with Crippen LogP contribution in [0.2, 0.25) is 0 Å². The Labute approximate surface area is 125 Å². The van der Waals surface area contributed by atoms with Crippen LogP contribution in [0.25, 0.3) is 0 Å². The number of benzene rings is 1. The van der Waals surface area contributed by atoms with Gasteiger partial charge in [0.2, 0.25) is 0 Å². The van der Waals surface area contributed by atoms with E-state index in [1.165, 1.54) is 5.56 Å². The van der Waals surface area contributed by atoms with Crippen molar-refractivity contribution in [3.63, 3.8) is 0 Å². The number of aromatic nitrogens is 2. The van der Waals surface area contributed by atoms with E-state index in [2.05, 4.69) is 10.4 Å². The standard InChI is InChI=1S/C16H22N4O/c1-13-15(16(21)18-10-6-5-9-17)11-19-20(13)12-14-7-3-2-4-8-14/h2-4,7-8,11H,5-6,9-10,12,17H2,1H3,(H,18,21). The van der Waals surface area contributed by atoms with Gasteiger partial charge in [-0.1, -0.05) is 30.3 Å². The van der Waals surface area contributed by atoms with Gasteiger partial charge >= 0.3 is 0 Å². The summed E-state index contributed by atoms with van der Waals surface area (Å²) >= 11 is 0. The van der Waals surface area contributed by atoms with Crippen molar-refractivity contribution in [3.8, 4) is 0 Å². The molecule has 0 saturated heterocycles. The van der Waals surface area contributed by atoms with E-state index in [1.54, 1.807) is 6.20 Å². The van der Waals surface area contributed by atoms with Gasteiger partial charge in [0.1, 0.15) is 0 Å². The molecule has 112 valence electrons. The molecule has 1 heterocycles. The molecule has 0 fully saturated rings. The van der Waals surface area contributed by atoms with Crippen molar-refractivity contribution in [2.45, 2.75) is 26.3 Å². The zero-order chi connectivity index (χ0) is 15.1. The summed E-state index contributed by atoms with van der Waals surface area (Å²) in [6, 6.07) is 10.1. The molecule has 0 saturated carbocycles. The number of nitrogens with two attached hydrogens (primary N) is 1. The van der Waals surface area contributed by atoms with Crippen molar-refractivity contribution < 1.29 is 4.79 Å². The van der Waals surface area contributed by atoms with E-state index < -0.39 is 0 Å². The Morgan fingerprint density at radius 1 is 1.29 bits per heavy atom. The molecule has 1 aromatic heterocycles. The molecular formula is C16H22N4O. The van der Waals surface area contributed by atoms with Crippen molar-refractivity contribution in [1.29, 1.82) is 0 Å². The molecule has 0 unspecified atom stereocenters. The number of unbranched alkanes of at least 4 members (excludes halogenated alkanes) is 1. The third-order valence-electron chi connectivity index (χ3n) is 3.44. The van der Waals surface area contributed by atoms with E-state index in [4.69, 9.17) is 5.73 Å². The number of hydrogen-bond donors (Lipinski definition) is 2. The molecule has 0 radical (unpaired) electrons. The Morgan fingerprint density at radius 2 is 2.05 bits per heavy atom. The zero-order valence-corrected chi connectivity index (χ0v) is 12.4. The highest BCUT2D eigenvalue weighted by Gasteiger charge is 2.13. The molecule has 1 aromatic carbocycles. The lowest BCUT2D eigenvalue weighted by Gasteiger charge is -2.06. The number of nitrogens with one attached hydrogen (secondary N) is 1. The highest BCUT2D eigenvalue weighted by atomic mass is 16.1. The van der Waals surface area contributed by atoms with E-state index in [-0.39, 0.29) is 5.91 Å². The van der Waals surface area contributed by atoms with E-state index in [0.717, 1.165) is 18.5 Å². The van der Waals surface area contributed by atoms with Crippen LogP contribution in [0.4, 0.5) is 0 Å². The van der Waals surface area contributed by atoms with Crippen LogP contribution in [0.5, 0.6) is 0 Å². The Hall–Kier alpha value is -2.14. The maximum absolute atomic E-state index is 12.1. The third kappa shape index (κ3) is 4.16. The lowest BCUT2D eigenvalue weighted by Crippen LogP contribution is -2.25. The highest BCUT2D eigenvalue weighted by Crippen LogP contribution is 2.10. The lowest BCUT2D eigenvalue weighted by molar-refractivity contribution is 0.0952. The van der Waals surface area contributed by atoms with E-state index in [1.807, 2.05) is 41.9 Å². The fourth-order valence-electron chi connectivity index (χ4n) is 2.15. The molecule has 0 atom stereocenters. The van der Waals surface area contributed by atoms with Crippen LogP contribution in [-0.2, 0) is 6.54 Å². The second-order valence-corrected chi connectivity index (χ2v) is 5.04. The largest absolute Gasteiger partial charge is 0.352 e. The van der Waals surface area contributed by atoms with E-state index >= 15 is 0 Å². The number of hydrogen-bond acceptors (Lipinski definition) is 3. The van der Waals surface area contributed by atoms with Crippen LogP contribution in [-0.4, -0.2) is 28.8 Å². The first-order chi connectivity index (χ1) is 10.2. The Bertz CT molecular complexity index is 577. The van der Waals surface area contributed by atoms with Crippen molar-refractivity contribution in [1.82, 2.24) is 15.1 Å². The highest BCUT2D eigenvalue weighted by molar-refractivity contribution is 5.95. The van der Waals surface area contributed by atoms with Gasteiger partial charge in [0.25, 0.3) is 5.91 Å². The predicted octanol–water partition coefficient (Wildman–Crippen LogP) is 1.71. The number of carbonyl (C=O) groups is 1. The molecule has 0 spiro atoms. The van der Waals surface area contributed by atoms with Crippen molar-refractivity contribution in [2.24, 2.45) is 5.73 Å². The molecular weight excluding hydrogens is 264 g/mol. The molecule has 5 heteroatoms. The van der Waals surface area contributed by atoms with Crippen molar-refractivity contribution in [2.75, 3.05) is 13.1 Å². The minimum atomic E-state index is -0.0659. The summed E-state index contributed by atoms with van der Waals surface area (Å²) in [7, 11) is 0. The van der Waals surface area contributed by atoms with Crippen molar-refractivity contribution >= 4 is 5.91 Å². The summed E-state index contributed by atoms with van der Waals surface area (Å²) in [6.45, 7) is 3.90. The molecule has 1 amide bonds. The summed E-state index contributed by atoms with van der Waals surface area (Å²) in [5.41, 5.74) is 8.12. The van der Waals surface area contributed by atoms with E-state index in [0.29, 0.717) is 25.2 Å². The molecule has 5 nitrogen and oxygen atoms in total. The first-order valence-electron chi connectivity index (χ1n) is 7.27. The molecule has 0 aliphatic heterocycles. The summed E-state index contributed by atoms with van der Waals surface area (Å²) < 4.78 is 1.85. The Morgan fingerprint density at radius 3 is 2.76 bits per heavy atom. The van der Waals surface area contributed by atoms with Crippen LogP contribution in [0, 0.1) is 6.92 Å². The van der Waals surface area contributed by atoms with Crippen LogP contribution in [0.1, 0.15) is 34.5 Å². The topological polar surface area (TPSA) is 72.9 Å². The maximum Gasteiger partial charge on any atom is 0.254 e. The van der Waals surface area contributed by atoms with Gasteiger partial charge in [-0.15, -0.1) is 0 Å². The molecule has 3 N–H and O–H groups in total. The van der Waals surface area contributed by atoms with Crippen LogP contribution < -0.4 is 11.1 Å². The van der Waals surface area contributed by atoms with Gasteiger partial charge in [0, 0.05) is 12.2 Å². The van der Waals surface area contributed by atoms with Gasteiger partial charge in [0.15, 0.2) is 0 Å². The zero-order valence-electron chi connectivity index (χ0n) is 12.4. The van der Waals surface area contributed by atoms with Crippen molar-refractivity contribution in [3.05, 3.63) is 53.3 Å². The first-order valence-corrected chi connectivity index (χ1v) is 7.27. The molecule has 0 aliphatic rings. The molecule has 0 bridgehead atoms. The number of amides is 1. The van der Waals surface area contributed by atoms with Gasteiger partial charge in [-0.05, 0) is 31.9 Å². The number of nitrogens with zero attached hydrogens (tertiary/aromatic N) is 2. The van der Waals surface area contributed by atoms with Gasteiger partial charge in [0.05, 0.1) is 18.3 Å². The third-order valence-corrected chi connectivity index (χ3v) is 3.44. The predicted molar refractivity (Wildman–Crippen MR) is 83.1 cm³/mol. The molecule has 21 heavy (non-hydrogen) atoms. The SMILES string of the molecule is Cc1c(C(=O)NCCCCN)cnn1Cc1ccccc1. The minimum Gasteiger partial charge on any atom is -0.352 e. The lowest BCUT2D eigenvalue weighted by atomic mass is 10.2. The first kappa shape index (κ1) is 15.3. The fraction of sp³-hybridized carbons (Fsp3) is 0.375.